The molecule has 7 nitrogen and oxygen atoms in total. The lowest BCUT2D eigenvalue weighted by molar-refractivity contribution is -0.119. The molecule has 8 heteroatoms. The number of likely N-dealkylation sites (tertiary alicyclic amines) is 1. The van der Waals surface area contributed by atoms with E-state index in [-0.39, 0.29) is 29.9 Å². The number of halogens is 1. The molecule has 30 heavy (non-hydrogen) atoms. The molecule has 3 rings (SSSR count). The molecule has 2 aliphatic heterocycles. The number of hydrogen-bond acceptors (Lipinski definition) is 4. The van der Waals surface area contributed by atoms with E-state index in [0.717, 1.165) is 77.6 Å². The number of nitrogens with one attached hydrogen (secondary N) is 1. The molecule has 2 fully saturated rings. The first-order chi connectivity index (χ1) is 14.2. The van der Waals surface area contributed by atoms with Crippen molar-refractivity contribution in [2.45, 2.75) is 25.7 Å². The third kappa shape index (κ3) is 7.61. The smallest absolute Gasteiger partial charge is 0.217 e. The summed E-state index contributed by atoms with van der Waals surface area (Å²) < 4.78 is 0. The normalized spacial score (nSPS) is 20.6. The van der Waals surface area contributed by atoms with Gasteiger partial charge < -0.3 is 20.9 Å². The lowest BCUT2D eigenvalue weighted by Crippen LogP contribution is -2.48. The highest BCUT2D eigenvalue weighted by molar-refractivity contribution is 14.0. The number of nitrogens with two attached hydrogens (primary N) is 1. The minimum absolute atomic E-state index is 0. The SMILES string of the molecule is CN=C(NCCCN1CCN(c2ccccc2)CC1)N1CCCC(CC(N)=O)C1.I. The summed E-state index contributed by atoms with van der Waals surface area (Å²) in [7, 11) is 1.84. The first kappa shape index (κ1) is 24.7. The van der Waals surface area contributed by atoms with E-state index in [0.29, 0.717) is 12.3 Å². The van der Waals surface area contributed by atoms with Crippen LogP contribution in [0.4, 0.5) is 5.69 Å². The quantitative estimate of drug-likeness (QED) is 0.245. The van der Waals surface area contributed by atoms with Gasteiger partial charge >= 0.3 is 0 Å². The highest BCUT2D eigenvalue weighted by atomic mass is 127. The van der Waals surface area contributed by atoms with Gasteiger partial charge in [-0.05, 0) is 43.9 Å². The van der Waals surface area contributed by atoms with Crippen molar-refractivity contribution < 1.29 is 4.79 Å². The van der Waals surface area contributed by atoms with Gasteiger partial charge in [0.05, 0.1) is 0 Å². The largest absolute Gasteiger partial charge is 0.370 e. The van der Waals surface area contributed by atoms with Crippen molar-refractivity contribution in [2.75, 3.05) is 64.3 Å². The first-order valence-electron chi connectivity index (χ1n) is 10.9. The van der Waals surface area contributed by atoms with Crippen molar-refractivity contribution in [3.8, 4) is 0 Å². The molecule has 1 unspecified atom stereocenters. The average Bonchev–Trinajstić information content (AvgIpc) is 2.74. The Balaban J connectivity index is 0.00000320. The predicted molar refractivity (Wildman–Crippen MR) is 135 cm³/mol. The molecule has 2 heterocycles. The molecule has 168 valence electrons. The third-order valence-electron chi connectivity index (χ3n) is 5.95. The van der Waals surface area contributed by atoms with E-state index in [9.17, 15) is 4.79 Å². The second kappa shape index (κ2) is 13.0. The van der Waals surface area contributed by atoms with Crippen LogP contribution in [0.5, 0.6) is 0 Å². The van der Waals surface area contributed by atoms with Crippen LogP contribution in [0.15, 0.2) is 35.3 Å². The number of primary amides is 1. The second-order valence-electron chi connectivity index (χ2n) is 8.12. The van der Waals surface area contributed by atoms with Crippen LogP contribution in [-0.4, -0.2) is 81.1 Å². The van der Waals surface area contributed by atoms with Gasteiger partial charge in [0.25, 0.3) is 0 Å². The molecular weight excluding hydrogens is 491 g/mol. The van der Waals surface area contributed by atoms with Crippen LogP contribution in [0.1, 0.15) is 25.7 Å². The van der Waals surface area contributed by atoms with Crippen molar-refractivity contribution in [2.24, 2.45) is 16.6 Å². The van der Waals surface area contributed by atoms with E-state index in [1.807, 2.05) is 7.05 Å². The standard InChI is InChI=1S/C22H36N6O.HI/c1-24-22(28-12-5-7-19(18-28)17-21(23)29)25-10-6-11-26-13-15-27(16-14-26)20-8-3-2-4-9-20;/h2-4,8-9,19H,5-7,10-18H2,1H3,(H2,23,29)(H,24,25);1H. The number of piperazine rings is 1. The summed E-state index contributed by atoms with van der Waals surface area (Å²) in [5.41, 5.74) is 6.70. The monoisotopic (exact) mass is 528 g/mol. The minimum Gasteiger partial charge on any atom is -0.370 e. The molecule has 0 spiro atoms. The maximum Gasteiger partial charge on any atom is 0.217 e. The molecule has 0 saturated carbocycles. The number of guanidine groups is 1. The number of rotatable bonds is 7. The number of carbonyl (C=O) groups is 1. The molecule has 0 bridgehead atoms. The average molecular weight is 528 g/mol. The van der Waals surface area contributed by atoms with Crippen molar-refractivity contribution in [1.29, 1.82) is 0 Å². The number of anilines is 1. The lowest BCUT2D eigenvalue weighted by atomic mass is 9.95. The number of amides is 1. The van der Waals surface area contributed by atoms with E-state index in [1.54, 1.807) is 0 Å². The molecule has 1 amide bonds. The molecule has 2 saturated heterocycles. The zero-order valence-electron chi connectivity index (χ0n) is 18.1. The van der Waals surface area contributed by atoms with Crippen LogP contribution in [0.2, 0.25) is 0 Å². The fourth-order valence-corrected chi connectivity index (χ4v) is 4.41. The molecule has 1 atom stereocenters. The molecule has 0 aromatic heterocycles. The fourth-order valence-electron chi connectivity index (χ4n) is 4.41. The molecule has 3 N–H and O–H groups in total. The third-order valence-corrected chi connectivity index (χ3v) is 5.95. The Morgan fingerprint density at radius 1 is 1.17 bits per heavy atom. The van der Waals surface area contributed by atoms with Gasteiger partial charge in [-0.3, -0.25) is 14.7 Å². The predicted octanol–water partition coefficient (Wildman–Crippen LogP) is 1.98. The van der Waals surface area contributed by atoms with Crippen LogP contribution in [0.3, 0.4) is 0 Å². The molecule has 2 aliphatic rings. The van der Waals surface area contributed by atoms with Crippen LogP contribution in [-0.2, 0) is 4.79 Å². The van der Waals surface area contributed by atoms with Gasteiger partial charge in [0.1, 0.15) is 0 Å². The molecule has 1 aromatic rings. The molecular formula is C22H37IN6O. The second-order valence-corrected chi connectivity index (χ2v) is 8.12. The number of piperidine rings is 1. The van der Waals surface area contributed by atoms with Crippen molar-refractivity contribution in [3.05, 3.63) is 30.3 Å². The summed E-state index contributed by atoms with van der Waals surface area (Å²) in [5, 5.41) is 3.51. The van der Waals surface area contributed by atoms with Crippen LogP contribution >= 0.6 is 24.0 Å². The minimum atomic E-state index is -0.202. The highest BCUT2D eigenvalue weighted by Gasteiger charge is 2.23. The van der Waals surface area contributed by atoms with E-state index in [1.165, 1.54) is 5.69 Å². The Hall–Kier alpha value is -1.55. The van der Waals surface area contributed by atoms with E-state index in [2.05, 4.69) is 55.3 Å². The number of para-hydroxylation sites is 1. The highest BCUT2D eigenvalue weighted by Crippen LogP contribution is 2.19. The van der Waals surface area contributed by atoms with E-state index in [4.69, 9.17) is 5.73 Å². The number of aliphatic imine (C=N–C) groups is 1. The Morgan fingerprint density at radius 2 is 1.90 bits per heavy atom. The summed E-state index contributed by atoms with van der Waals surface area (Å²) in [4.78, 5) is 23.0. The van der Waals surface area contributed by atoms with Gasteiger partial charge in [0, 0.05) is 65.0 Å². The fraction of sp³-hybridized carbons (Fsp3) is 0.636. The van der Waals surface area contributed by atoms with Gasteiger partial charge in [-0.1, -0.05) is 18.2 Å². The van der Waals surface area contributed by atoms with E-state index < -0.39 is 0 Å². The number of hydrogen-bond donors (Lipinski definition) is 2. The summed E-state index contributed by atoms with van der Waals surface area (Å²) in [6.07, 6.45) is 3.74. The number of nitrogens with zero attached hydrogens (tertiary/aromatic N) is 4. The van der Waals surface area contributed by atoms with Crippen LogP contribution in [0.25, 0.3) is 0 Å². The molecule has 1 aromatic carbocycles. The number of benzene rings is 1. The maximum absolute atomic E-state index is 11.2. The zero-order chi connectivity index (χ0) is 20.5. The number of carbonyl (C=O) groups excluding carboxylic acids is 1. The Kier molecular flexibility index (Phi) is 10.7. The van der Waals surface area contributed by atoms with Crippen LogP contribution < -0.4 is 16.0 Å². The zero-order valence-corrected chi connectivity index (χ0v) is 20.5. The first-order valence-corrected chi connectivity index (χ1v) is 10.9. The van der Waals surface area contributed by atoms with Gasteiger partial charge in [-0.15, -0.1) is 24.0 Å². The van der Waals surface area contributed by atoms with Crippen molar-refractivity contribution in [3.63, 3.8) is 0 Å². The summed E-state index contributed by atoms with van der Waals surface area (Å²) in [5.74, 6) is 1.10. The summed E-state index contributed by atoms with van der Waals surface area (Å²) in [6, 6.07) is 10.7. The van der Waals surface area contributed by atoms with Gasteiger partial charge in [-0.25, -0.2) is 0 Å². The Labute approximate surface area is 198 Å². The molecule has 0 aliphatic carbocycles. The topological polar surface area (TPSA) is 77.2 Å². The van der Waals surface area contributed by atoms with Crippen molar-refractivity contribution >= 4 is 41.5 Å². The van der Waals surface area contributed by atoms with Gasteiger partial charge in [0.15, 0.2) is 5.96 Å². The van der Waals surface area contributed by atoms with Crippen LogP contribution in [0, 0.1) is 5.92 Å². The van der Waals surface area contributed by atoms with Gasteiger partial charge in [0.2, 0.25) is 5.91 Å². The Morgan fingerprint density at radius 3 is 2.57 bits per heavy atom. The van der Waals surface area contributed by atoms with Gasteiger partial charge in [-0.2, -0.15) is 0 Å². The van der Waals surface area contributed by atoms with Crippen molar-refractivity contribution in [1.82, 2.24) is 15.1 Å². The summed E-state index contributed by atoms with van der Waals surface area (Å²) in [6.45, 7) is 8.30. The van der Waals surface area contributed by atoms with E-state index >= 15 is 0 Å². The summed E-state index contributed by atoms with van der Waals surface area (Å²) >= 11 is 0. The molecule has 0 radical (unpaired) electrons. The maximum atomic E-state index is 11.2. The Bertz CT molecular complexity index is 663. The lowest BCUT2D eigenvalue weighted by Gasteiger charge is -2.36.